The highest BCUT2D eigenvalue weighted by atomic mass is 16.2. The molecule has 6 nitrogen and oxygen atoms in total. The van der Waals surface area contributed by atoms with Gasteiger partial charge in [0.2, 0.25) is 5.91 Å². The third-order valence-electron chi connectivity index (χ3n) is 4.88. The van der Waals surface area contributed by atoms with Crippen molar-refractivity contribution >= 4 is 17.4 Å². The molecule has 0 bridgehead atoms. The van der Waals surface area contributed by atoms with Gasteiger partial charge in [0.25, 0.3) is 0 Å². The first kappa shape index (κ1) is 16.7. The number of hydrogen-bond donors (Lipinski definition) is 0. The lowest BCUT2D eigenvalue weighted by Gasteiger charge is -2.35. The Morgan fingerprint density at radius 2 is 2.00 bits per heavy atom. The summed E-state index contributed by atoms with van der Waals surface area (Å²) in [6, 6.07) is 2.08. The van der Waals surface area contributed by atoms with Crippen molar-refractivity contribution in [3.05, 3.63) is 23.0 Å². The average Bonchev–Trinajstić information content (AvgIpc) is 2.87. The summed E-state index contributed by atoms with van der Waals surface area (Å²) < 4.78 is 1.90. The van der Waals surface area contributed by atoms with E-state index in [0.29, 0.717) is 6.54 Å². The minimum absolute atomic E-state index is 0.207. The summed E-state index contributed by atoms with van der Waals surface area (Å²) in [5, 5.41) is 4.64. The van der Waals surface area contributed by atoms with Crippen molar-refractivity contribution in [2.24, 2.45) is 0 Å². The molecule has 0 unspecified atom stereocenters. The van der Waals surface area contributed by atoms with Crippen molar-refractivity contribution in [2.75, 3.05) is 31.1 Å². The van der Waals surface area contributed by atoms with Crippen molar-refractivity contribution in [3.8, 4) is 0 Å². The highest BCUT2D eigenvalue weighted by Crippen LogP contribution is 2.23. The van der Waals surface area contributed by atoms with Crippen molar-refractivity contribution < 1.29 is 4.79 Å². The number of carbonyl (C=O) groups excluding carboxylic acids is 1. The third-order valence-corrected chi connectivity index (χ3v) is 4.88. The maximum Gasteiger partial charge on any atom is 0.242 e. The topological polar surface area (TPSA) is 53.7 Å². The van der Waals surface area contributed by atoms with Crippen LogP contribution >= 0.6 is 0 Å². The fraction of sp³-hybridized carbons (Fsp3) is 0.611. The molecule has 0 spiro atoms. The van der Waals surface area contributed by atoms with E-state index in [2.05, 4.69) is 36.8 Å². The Kier molecular flexibility index (Phi) is 4.73. The largest absolute Gasteiger partial charge is 0.345 e. The lowest BCUT2D eigenvalue weighted by atomic mass is 10.2. The van der Waals surface area contributed by atoms with Gasteiger partial charge >= 0.3 is 0 Å². The molecule has 2 aromatic rings. The number of amides is 1. The fourth-order valence-corrected chi connectivity index (χ4v) is 3.16. The highest BCUT2D eigenvalue weighted by Gasteiger charge is 2.26. The molecule has 130 valence electrons. The van der Waals surface area contributed by atoms with Crippen LogP contribution in [0.3, 0.4) is 0 Å². The summed E-state index contributed by atoms with van der Waals surface area (Å²) >= 11 is 0. The van der Waals surface area contributed by atoms with Crippen LogP contribution in [-0.4, -0.2) is 51.6 Å². The second-order valence-electron chi connectivity index (χ2n) is 6.56. The number of anilines is 1. The molecule has 6 heteroatoms. The Hall–Kier alpha value is -2.11. The maximum absolute atomic E-state index is 12.5. The Labute approximate surface area is 143 Å². The minimum atomic E-state index is 0.207. The van der Waals surface area contributed by atoms with Crippen molar-refractivity contribution in [1.29, 1.82) is 0 Å². The fourth-order valence-electron chi connectivity index (χ4n) is 3.16. The van der Waals surface area contributed by atoms with E-state index in [1.807, 2.05) is 16.3 Å². The van der Waals surface area contributed by atoms with E-state index >= 15 is 0 Å². The van der Waals surface area contributed by atoms with E-state index in [-0.39, 0.29) is 5.91 Å². The van der Waals surface area contributed by atoms with Crippen LogP contribution < -0.4 is 4.90 Å². The molecule has 1 fully saturated rings. The van der Waals surface area contributed by atoms with Gasteiger partial charge in [0.05, 0.1) is 12.2 Å². The highest BCUT2D eigenvalue weighted by molar-refractivity contribution is 5.82. The average molecular weight is 329 g/mol. The van der Waals surface area contributed by atoms with Crippen molar-refractivity contribution in [1.82, 2.24) is 19.5 Å². The molecule has 3 heterocycles. The van der Waals surface area contributed by atoms with Crippen LogP contribution in [0.15, 0.2) is 6.07 Å². The molecule has 1 aliphatic rings. The monoisotopic (exact) mass is 329 g/mol. The van der Waals surface area contributed by atoms with Crippen LogP contribution in [0.5, 0.6) is 0 Å². The number of piperazine rings is 1. The molecule has 3 rings (SSSR count). The molecular weight excluding hydrogens is 302 g/mol. The standard InChI is InChI=1S/C18H27N5O/c1-5-7-8-21-9-10-22(12-17(21)24)16-11-15(6-2)19-18-13(3)14(4)20-23(16)18/h11H,5-10,12H2,1-4H3. The van der Waals surface area contributed by atoms with Crippen LogP contribution in [0, 0.1) is 13.8 Å². The number of fused-ring (bicyclic) bond motifs is 1. The van der Waals surface area contributed by atoms with Gasteiger partial charge in [-0.05, 0) is 26.7 Å². The van der Waals surface area contributed by atoms with Gasteiger partial charge in [-0.15, -0.1) is 0 Å². The smallest absolute Gasteiger partial charge is 0.242 e. The second kappa shape index (κ2) is 6.79. The number of hydrogen-bond acceptors (Lipinski definition) is 4. The van der Waals surface area contributed by atoms with E-state index in [1.165, 1.54) is 0 Å². The molecular formula is C18H27N5O. The maximum atomic E-state index is 12.5. The molecule has 2 aromatic heterocycles. The van der Waals surface area contributed by atoms with Crippen molar-refractivity contribution in [2.45, 2.75) is 47.0 Å². The Balaban J connectivity index is 1.92. The predicted octanol–water partition coefficient (Wildman–Crippen LogP) is 2.36. The van der Waals surface area contributed by atoms with Gasteiger partial charge in [0.15, 0.2) is 5.65 Å². The van der Waals surface area contributed by atoms with Crippen molar-refractivity contribution in [3.63, 3.8) is 0 Å². The number of aromatic nitrogens is 3. The lowest BCUT2D eigenvalue weighted by molar-refractivity contribution is -0.131. The number of aryl methyl sites for hydroxylation is 3. The van der Waals surface area contributed by atoms with Gasteiger partial charge in [0.1, 0.15) is 5.82 Å². The molecule has 0 radical (unpaired) electrons. The van der Waals surface area contributed by atoms with Gasteiger partial charge in [0, 0.05) is 37.0 Å². The Bertz CT molecular complexity index is 751. The van der Waals surface area contributed by atoms with Gasteiger partial charge in [-0.1, -0.05) is 20.3 Å². The first-order valence-corrected chi connectivity index (χ1v) is 8.93. The summed E-state index contributed by atoms with van der Waals surface area (Å²) in [4.78, 5) is 21.3. The third kappa shape index (κ3) is 2.97. The summed E-state index contributed by atoms with van der Waals surface area (Å²) in [7, 11) is 0. The van der Waals surface area contributed by atoms with E-state index in [1.54, 1.807) is 0 Å². The van der Waals surface area contributed by atoms with Crippen LogP contribution in [0.2, 0.25) is 0 Å². The molecule has 1 saturated heterocycles. The van der Waals surface area contributed by atoms with Gasteiger partial charge in [-0.2, -0.15) is 9.61 Å². The molecule has 24 heavy (non-hydrogen) atoms. The van der Waals surface area contributed by atoms with E-state index in [4.69, 9.17) is 4.98 Å². The molecule has 0 N–H and O–H groups in total. The van der Waals surface area contributed by atoms with Gasteiger partial charge in [-0.3, -0.25) is 4.79 Å². The molecule has 1 aliphatic heterocycles. The summed E-state index contributed by atoms with van der Waals surface area (Å²) in [6.07, 6.45) is 3.06. The zero-order chi connectivity index (χ0) is 17.3. The van der Waals surface area contributed by atoms with Gasteiger partial charge < -0.3 is 9.80 Å². The zero-order valence-electron chi connectivity index (χ0n) is 15.2. The second-order valence-corrected chi connectivity index (χ2v) is 6.56. The zero-order valence-corrected chi connectivity index (χ0v) is 15.2. The number of carbonyl (C=O) groups is 1. The van der Waals surface area contributed by atoms with Gasteiger partial charge in [-0.25, -0.2) is 4.98 Å². The minimum Gasteiger partial charge on any atom is -0.345 e. The molecule has 0 atom stereocenters. The van der Waals surface area contributed by atoms with Crippen LogP contribution in [0.4, 0.5) is 5.82 Å². The summed E-state index contributed by atoms with van der Waals surface area (Å²) in [6.45, 7) is 11.2. The summed E-state index contributed by atoms with van der Waals surface area (Å²) in [5.41, 5.74) is 4.05. The predicted molar refractivity (Wildman–Crippen MR) is 95.5 cm³/mol. The number of rotatable bonds is 5. The SMILES string of the molecule is CCCCN1CCN(c2cc(CC)nc3c(C)c(C)nn23)CC1=O. The van der Waals surface area contributed by atoms with E-state index < -0.39 is 0 Å². The Morgan fingerprint density at radius 1 is 1.21 bits per heavy atom. The molecule has 0 saturated carbocycles. The Morgan fingerprint density at radius 3 is 2.67 bits per heavy atom. The quantitative estimate of drug-likeness (QED) is 0.845. The van der Waals surface area contributed by atoms with Crippen LogP contribution in [-0.2, 0) is 11.2 Å². The number of nitrogens with zero attached hydrogens (tertiary/aromatic N) is 5. The number of unbranched alkanes of at least 4 members (excludes halogenated alkanes) is 1. The first-order chi connectivity index (χ1) is 11.5. The molecule has 0 aromatic carbocycles. The van der Waals surface area contributed by atoms with Crippen LogP contribution in [0.1, 0.15) is 43.6 Å². The lowest BCUT2D eigenvalue weighted by Crippen LogP contribution is -2.51. The first-order valence-electron chi connectivity index (χ1n) is 8.93. The van der Waals surface area contributed by atoms with E-state index in [9.17, 15) is 4.79 Å². The summed E-state index contributed by atoms with van der Waals surface area (Å²) in [5.74, 6) is 1.19. The molecule has 0 aliphatic carbocycles. The van der Waals surface area contributed by atoms with E-state index in [0.717, 1.165) is 67.3 Å². The van der Waals surface area contributed by atoms with Crippen LogP contribution in [0.25, 0.3) is 5.65 Å². The normalized spacial score (nSPS) is 15.6. The molecule has 1 amide bonds.